The summed E-state index contributed by atoms with van der Waals surface area (Å²) >= 11 is 0. The van der Waals surface area contributed by atoms with Crippen LogP contribution in [0.25, 0.3) is 11.0 Å². The van der Waals surface area contributed by atoms with Crippen molar-refractivity contribution in [2.24, 2.45) is 0 Å². The van der Waals surface area contributed by atoms with E-state index in [1.165, 1.54) is 0 Å². The van der Waals surface area contributed by atoms with E-state index in [-0.39, 0.29) is 6.04 Å². The molecular formula is C20H25N6O2P. The van der Waals surface area contributed by atoms with E-state index < -0.39 is 7.14 Å². The summed E-state index contributed by atoms with van der Waals surface area (Å²) in [6, 6.07) is 7.73. The van der Waals surface area contributed by atoms with Gasteiger partial charge < -0.3 is 24.9 Å². The van der Waals surface area contributed by atoms with Crippen molar-refractivity contribution in [3.05, 3.63) is 30.0 Å². The Labute approximate surface area is 170 Å². The van der Waals surface area contributed by atoms with Crippen molar-refractivity contribution in [3.63, 3.8) is 0 Å². The van der Waals surface area contributed by atoms with Gasteiger partial charge in [-0.05, 0) is 44.9 Å². The minimum atomic E-state index is -2.41. The monoisotopic (exact) mass is 412 g/mol. The maximum absolute atomic E-state index is 12.4. The van der Waals surface area contributed by atoms with E-state index in [1.54, 1.807) is 38.8 Å². The Kier molecular flexibility index (Phi) is 5.81. The molecule has 0 fully saturated rings. The normalized spacial score (nSPS) is 12.4. The molecule has 3 aromatic rings. The smallest absolute Gasteiger partial charge is 0.231 e. The Morgan fingerprint density at radius 2 is 2.10 bits per heavy atom. The number of methoxy groups -OCH3 is 1. The van der Waals surface area contributed by atoms with E-state index in [0.717, 1.165) is 11.7 Å². The molecule has 9 heteroatoms. The number of hydrogen-bond donors (Lipinski definition) is 3. The first-order valence-electron chi connectivity index (χ1n) is 9.33. The molecule has 1 atom stereocenters. The third-order valence-electron chi connectivity index (χ3n) is 4.70. The summed E-state index contributed by atoms with van der Waals surface area (Å²) < 4.78 is 17.8. The first-order chi connectivity index (χ1) is 13.8. The fourth-order valence-electron chi connectivity index (χ4n) is 2.86. The number of fused-ring (bicyclic) bond motifs is 1. The maximum Gasteiger partial charge on any atom is 0.231 e. The molecule has 0 aliphatic rings. The molecule has 0 aliphatic heterocycles. The van der Waals surface area contributed by atoms with Gasteiger partial charge in [-0.1, -0.05) is 6.92 Å². The Hall–Kier alpha value is -3.04. The predicted molar refractivity (Wildman–Crippen MR) is 117 cm³/mol. The lowest BCUT2D eigenvalue weighted by Gasteiger charge is -2.16. The van der Waals surface area contributed by atoms with Crippen LogP contribution in [0.1, 0.15) is 25.8 Å². The first kappa shape index (κ1) is 20.7. The molecule has 0 amide bonds. The molecule has 1 aromatic carbocycles. The molecule has 0 aliphatic carbocycles. The molecule has 2 aromatic heterocycles. The molecular weight excluding hydrogens is 387 g/mol. The van der Waals surface area contributed by atoms with Crippen LogP contribution in [0.5, 0.6) is 5.75 Å². The summed E-state index contributed by atoms with van der Waals surface area (Å²) in [4.78, 5) is 12.1. The van der Waals surface area contributed by atoms with Crippen LogP contribution >= 0.6 is 7.14 Å². The zero-order valence-electron chi connectivity index (χ0n) is 17.2. The second-order valence-corrected chi connectivity index (χ2v) is 10.5. The van der Waals surface area contributed by atoms with Gasteiger partial charge in [-0.2, -0.15) is 15.2 Å². The van der Waals surface area contributed by atoms with Crippen molar-refractivity contribution in [1.29, 1.82) is 5.26 Å². The van der Waals surface area contributed by atoms with E-state index in [0.29, 0.717) is 39.8 Å². The number of hydrogen-bond acceptors (Lipinski definition) is 7. The number of anilines is 3. The molecule has 152 valence electrons. The quantitative estimate of drug-likeness (QED) is 0.502. The fraction of sp³-hybridized carbons (Fsp3) is 0.350. The molecule has 0 saturated carbocycles. The second-order valence-electron chi connectivity index (χ2n) is 7.25. The Morgan fingerprint density at radius 1 is 1.34 bits per heavy atom. The van der Waals surface area contributed by atoms with Crippen molar-refractivity contribution < 1.29 is 9.30 Å². The van der Waals surface area contributed by atoms with Gasteiger partial charge in [0.25, 0.3) is 0 Å². The summed E-state index contributed by atoms with van der Waals surface area (Å²) in [5, 5.41) is 17.3. The number of ether oxygens (including phenoxy) is 1. The van der Waals surface area contributed by atoms with Crippen LogP contribution in [0.3, 0.4) is 0 Å². The SMILES string of the molecule is CCC(C)Nc1nc(Nc2ccc(P(C)(C)=O)cc2OC)nc2[nH]cc(C#N)c12. The maximum atomic E-state index is 12.4. The van der Waals surface area contributed by atoms with Crippen LogP contribution < -0.4 is 20.7 Å². The van der Waals surface area contributed by atoms with Crippen molar-refractivity contribution in [1.82, 2.24) is 15.0 Å². The molecule has 2 heterocycles. The number of H-pyrrole nitrogens is 1. The van der Waals surface area contributed by atoms with Gasteiger partial charge in [-0.25, -0.2) is 0 Å². The zero-order valence-corrected chi connectivity index (χ0v) is 18.1. The van der Waals surface area contributed by atoms with Crippen LogP contribution in [-0.2, 0) is 4.57 Å². The van der Waals surface area contributed by atoms with E-state index in [9.17, 15) is 9.83 Å². The summed E-state index contributed by atoms with van der Waals surface area (Å²) in [6.07, 6.45) is 2.53. The number of benzene rings is 1. The lowest BCUT2D eigenvalue weighted by atomic mass is 10.2. The number of nitriles is 1. The predicted octanol–water partition coefficient (Wildman–Crippen LogP) is 4.04. The summed E-state index contributed by atoms with van der Waals surface area (Å²) in [7, 11) is -0.846. The van der Waals surface area contributed by atoms with Gasteiger partial charge in [0.15, 0.2) is 0 Å². The fourth-order valence-corrected chi connectivity index (χ4v) is 3.72. The van der Waals surface area contributed by atoms with Gasteiger partial charge in [0, 0.05) is 17.5 Å². The van der Waals surface area contributed by atoms with Gasteiger partial charge in [-0.3, -0.25) is 0 Å². The van der Waals surface area contributed by atoms with Crippen molar-refractivity contribution in [2.75, 3.05) is 31.1 Å². The highest BCUT2D eigenvalue weighted by Crippen LogP contribution is 2.38. The third-order valence-corrected chi connectivity index (χ3v) is 6.22. The molecule has 29 heavy (non-hydrogen) atoms. The van der Waals surface area contributed by atoms with Crippen molar-refractivity contribution >= 4 is 40.9 Å². The summed E-state index contributed by atoms with van der Waals surface area (Å²) in [5.74, 6) is 1.50. The van der Waals surface area contributed by atoms with Gasteiger partial charge in [0.2, 0.25) is 5.95 Å². The number of aromatic nitrogens is 3. The highest BCUT2D eigenvalue weighted by atomic mass is 31.2. The van der Waals surface area contributed by atoms with E-state index >= 15 is 0 Å². The lowest BCUT2D eigenvalue weighted by molar-refractivity contribution is 0.417. The standard InChI is InChI=1S/C20H25N6O2P/c1-6-12(2)23-19-17-13(10-21)11-22-18(17)25-20(26-19)24-15-8-7-14(29(4,5)27)9-16(15)28-3/h7-9,11-12H,6H2,1-5H3,(H3,22,23,24,25,26). The molecule has 3 rings (SSSR count). The minimum Gasteiger partial charge on any atom is -0.495 e. The molecule has 0 spiro atoms. The average Bonchev–Trinajstić information content (AvgIpc) is 3.10. The highest BCUT2D eigenvalue weighted by molar-refractivity contribution is 7.70. The van der Waals surface area contributed by atoms with Gasteiger partial charge in [-0.15, -0.1) is 0 Å². The topological polar surface area (TPSA) is 116 Å². The minimum absolute atomic E-state index is 0.180. The molecule has 0 radical (unpaired) electrons. The zero-order chi connectivity index (χ0) is 21.2. The number of nitrogens with zero attached hydrogens (tertiary/aromatic N) is 3. The lowest BCUT2D eigenvalue weighted by Crippen LogP contribution is -2.15. The molecule has 8 nitrogen and oxygen atoms in total. The Bertz CT molecular complexity index is 1130. The number of aromatic amines is 1. The molecule has 0 bridgehead atoms. The Balaban J connectivity index is 2.05. The van der Waals surface area contributed by atoms with Crippen molar-refractivity contribution in [3.8, 4) is 11.8 Å². The van der Waals surface area contributed by atoms with E-state index in [4.69, 9.17) is 4.74 Å². The largest absolute Gasteiger partial charge is 0.495 e. The van der Waals surface area contributed by atoms with Crippen LogP contribution in [0.4, 0.5) is 17.5 Å². The molecule has 3 N–H and O–H groups in total. The van der Waals surface area contributed by atoms with Crippen LogP contribution in [-0.4, -0.2) is 41.4 Å². The highest BCUT2D eigenvalue weighted by Gasteiger charge is 2.18. The third kappa shape index (κ3) is 4.36. The summed E-state index contributed by atoms with van der Waals surface area (Å²) in [5.41, 5.74) is 1.71. The summed E-state index contributed by atoms with van der Waals surface area (Å²) in [6.45, 7) is 7.56. The van der Waals surface area contributed by atoms with Crippen LogP contribution in [0, 0.1) is 11.3 Å². The van der Waals surface area contributed by atoms with Gasteiger partial charge >= 0.3 is 0 Å². The van der Waals surface area contributed by atoms with E-state index in [2.05, 4.69) is 45.5 Å². The van der Waals surface area contributed by atoms with Gasteiger partial charge in [0.1, 0.15) is 30.4 Å². The number of rotatable bonds is 7. The van der Waals surface area contributed by atoms with Gasteiger partial charge in [0.05, 0.1) is 23.7 Å². The van der Waals surface area contributed by atoms with Crippen LogP contribution in [0.2, 0.25) is 0 Å². The second kappa shape index (κ2) is 8.14. The van der Waals surface area contributed by atoms with Crippen molar-refractivity contribution in [2.45, 2.75) is 26.3 Å². The molecule has 1 unspecified atom stereocenters. The Morgan fingerprint density at radius 3 is 2.72 bits per heavy atom. The molecule has 0 saturated heterocycles. The average molecular weight is 412 g/mol. The number of nitrogens with one attached hydrogen (secondary N) is 3. The first-order valence-corrected chi connectivity index (χ1v) is 11.9. The van der Waals surface area contributed by atoms with Crippen LogP contribution in [0.15, 0.2) is 24.4 Å². The van der Waals surface area contributed by atoms with E-state index in [1.807, 2.05) is 6.07 Å².